The van der Waals surface area contributed by atoms with Crippen molar-refractivity contribution in [3.8, 4) is 22.4 Å². The molecule has 5 aromatic rings. The third-order valence-corrected chi connectivity index (χ3v) is 5.48. The van der Waals surface area contributed by atoms with E-state index in [1.54, 1.807) is 12.3 Å². The van der Waals surface area contributed by atoms with E-state index < -0.39 is 0 Å². The van der Waals surface area contributed by atoms with E-state index in [9.17, 15) is 4.79 Å². The molecule has 0 radical (unpaired) electrons. The van der Waals surface area contributed by atoms with E-state index in [0.717, 1.165) is 34.5 Å². The monoisotopic (exact) mass is 436 g/mol. The fourth-order valence-corrected chi connectivity index (χ4v) is 3.75. The zero-order valence-electron chi connectivity index (χ0n) is 17.9. The van der Waals surface area contributed by atoms with E-state index in [4.69, 9.17) is 9.51 Å². The molecule has 0 fully saturated rings. The number of fused-ring (bicyclic) bond motifs is 1. The van der Waals surface area contributed by atoms with Crippen LogP contribution in [0.3, 0.4) is 0 Å². The van der Waals surface area contributed by atoms with Gasteiger partial charge in [0, 0.05) is 34.3 Å². The number of amides is 1. The summed E-state index contributed by atoms with van der Waals surface area (Å²) in [7, 11) is 0. The fourth-order valence-electron chi connectivity index (χ4n) is 3.75. The maximum Gasteiger partial charge on any atom is 0.270 e. The first-order valence-electron chi connectivity index (χ1n) is 10.6. The zero-order chi connectivity index (χ0) is 22.6. The average molecular weight is 436 g/mol. The number of carbonyl (C=O) groups excluding carboxylic acids is 1. The van der Waals surface area contributed by atoms with Crippen LogP contribution in [0.2, 0.25) is 0 Å². The number of quaternary nitrogens is 1. The average Bonchev–Trinajstić information content (AvgIpc) is 3.40. The smallest absolute Gasteiger partial charge is 0.270 e. The van der Waals surface area contributed by atoms with Crippen LogP contribution in [0, 0.1) is 0 Å². The molecule has 0 saturated carbocycles. The topological polar surface area (TPSA) is 109 Å². The lowest BCUT2D eigenvalue weighted by atomic mass is 9.96. The molecule has 0 bridgehead atoms. The second-order valence-electron chi connectivity index (χ2n) is 7.60. The lowest BCUT2D eigenvalue weighted by Crippen LogP contribution is -2.47. The minimum Gasteiger partial charge on any atom is -0.364 e. The van der Waals surface area contributed by atoms with Gasteiger partial charge in [-0.05, 0) is 17.7 Å². The van der Waals surface area contributed by atoms with Crippen molar-refractivity contribution in [1.82, 2.24) is 20.4 Å². The SMILES string of the molecule is [NH3+]Cc1ccc(-c2nc3ccnc(C(=O)NCc4ccon4)c3cc2-c2ccccc2)cc1. The lowest BCUT2D eigenvalue weighted by molar-refractivity contribution is -0.386. The summed E-state index contributed by atoms with van der Waals surface area (Å²) >= 11 is 0. The van der Waals surface area contributed by atoms with Gasteiger partial charge in [-0.3, -0.25) is 9.78 Å². The van der Waals surface area contributed by atoms with Crippen LogP contribution in [0.4, 0.5) is 0 Å². The highest BCUT2D eigenvalue weighted by Gasteiger charge is 2.17. The Morgan fingerprint density at radius 1 is 0.970 bits per heavy atom. The largest absolute Gasteiger partial charge is 0.364 e. The van der Waals surface area contributed by atoms with Gasteiger partial charge in [0.15, 0.2) is 0 Å². The second kappa shape index (κ2) is 9.02. The molecule has 7 heteroatoms. The van der Waals surface area contributed by atoms with E-state index in [-0.39, 0.29) is 12.5 Å². The fraction of sp³-hybridized carbons (Fsp3) is 0.0769. The predicted octanol–water partition coefficient (Wildman–Crippen LogP) is 3.62. The number of nitrogens with one attached hydrogen (secondary N) is 1. The number of hydrogen-bond acceptors (Lipinski definition) is 5. The molecule has 7 nitrogen and oxygen atoms in total. The van der Waals surface area contributed by atoms with Crippen LogP contribution in [-0.4, -0.2) is 21.0 Å². The summed E-state index contributed by atoms with van der Waals surface area (Å²) in [5.74, 6) is -0.294. The minimum absolute atomic E-state index is 0.253. The molecule has 0 spiro atoms. The van der Waals surface area contributed by atoms with Gasteiger partial charge in [-0.25, -0.2) is 4.98 Å². The number of carbonyl (C=O) groups is 1. The third-order valence-electron chi connectivity index (χ3n) is 5.48. The number of pyridine rings is 2. The summed E-state index contributed by atoms with van der Waals surface area (Å²) in [6.45, 7) is 0.985. The molecule has 3 aromatic heterocycles. The van der Waals surface area contributed by atoms with Gasteiger partial charge in [0.1, 0.15) is 17.7 Å². The first kappa shape index (κ1) is 20.5. The quantitative estimate of drug-likeness (QED) is 0.423. The zero-order valence-corrected chi connectivity index (χ0v) is 17.9. The number of aromatic nitrogens is 3. The van der Waals surface area contributed by atoms with E-state index in [1.807, 2.05) is 42.5 Å². The number of hydrogen-bond donors (Lipinski definition) is 2. The minimum atomic E-state index is -0.294. The Kier molecular flexibility index (Phi) is 5.61. The maximum atomic E-state index is 13.0. The number of rotatable bonds is 6. The Balaban J connectivity index is 1.62. The summed E-state index contributed by atoms with van der Waals surface area (Å²) in [4.78, 5) is 22.3. The lowest BCUT2D eigenvalue weighted by Gasteiger charge is -2.13. The molecule has 0 unspecified atom stereocenters. The van der Waals surface area contributed by atoms with Crippen molar-refractivity contribution in [2.45, 2.75) is 13.1 Å². The van der Waals surface area contributed by atoms with Gasteiger partial charge in [0.25, 0.3) is 5.91 Å². The Bertz CT molecular complexity index is 1400. The third kappa shape index (κ3) is 4.22. The normalized spacial score (nSPS) is 10.9. The molecule has 33 heavy (non-hydrogen) atoms. The van der Waals surface area contributed by atoms with Crippen LogP contribution in [0.5, 0.6) is 0 Å². The van der Waals surface area contributed by atoms with E-state index in [2.05, 4.69) is 45.5 Å². The van der Waals surface area contributed by atoms with Crippen LogP contribution in [0.25, 0.3) is 33.3 Å². The van der Waals surface area contributed by atoms with E-state index in [0.29, 0.717) is 22.3 Å². The summed E-state index contributed by atoms with van der Waals surface area (Å²) < 4.78 is 4.83. The summed E-state index contributed by atoms with van der Waals surface area (Å²) in [5.41, 5.74) is 10.6. The highest BCUT2D eigenvalue weighted by atomic mass is 16.5. The molecule has 0 saturated heterocycles. The van der Waals surface area contributed by atoms with Gasteiger partial charge in [-0.1, -0.05) is 59.8 Å². The van der Waals surface area contributed by atoms with Crippen LogP contribution < -0.4 is 11.1 Å². The Morgan fingerprint density at radius 3 is 2.52 bits per heavy atom. The Hall–Kier alpha value is -4.36. The van der Waals surface area contributed by atoms with Crippen molar-refractivity contribution < 1.29 is 15.1 Å². The van der Waals surface area contributed by atoms with Gasteiger partial charge >= 0.3 is 0 Å². The molecule has 2 aromatic carbocycles. The molecule has 4 N–H and O–H groups in total. The van der Waals surface area contributed by atoms with Gasteiger partial charge in [0.05, 0.1) is 24.3 Å². The summed E-state index contributed by atoms with van der Waals surface area (Å²) in [6.07, 6.45) is 3.08. The van der Waals surface area contributed by atoms with Gasteiger partial charge < -0.3 is 15.6 Å². The van der Waals surface area contributed by atoms with Crippen molar-refractivity contribution >= 4 is 16.8 Å². The number of nitrogens with zero attached hydrogens (tertiary/aromatic N) is 3. The predicted molar refractivity (Wildman–Crippen MR) is 125 cm³/mol. The van der Waals surface area contributed by atoms with Crippen molar-refractivity contribution in [3.05, 3.63) is 102 Å². The molecule has 5 rings (SSSR count). The highest BCUT2D eigenvalue weighted by molar-refractivity contribution is 6.06. The van der Waals surface area contributed by atoms with Crippen molar-refractivity contribution in [3.63, 3.8) is 0 Å². The molecule has 0 atom stereocenters. The maximum absolute atomic E-state index is 13.0. The molecular formula is C26H22N5O2+. The molecule has 3 heterocycles. The van der Waals surface area contributed by atoms with E-state index in [1.165, 1.54) is 6.26 Å². The van der Waals surface area contributed by atoms with Crippen molar-refractivity contribution in [2.75, 3.05) is 0 Å². The van der Waals surface area contributed by atoms with Gasteiger partial charge in [0.2, 0.25) is 0 Å². The Morgan fingerprint density at radius 2 is 1.79 bits per heavy atom. The number of benzene rings is 2. The molecule has 162 valence electrons. The van der Waals surface area contributed by atoms with Crippen molar-refractivity contribution in [1.29, 1.82) is 0 Å². The molecule has 0 aliphatic carbocycles. The van der Waals surface area contributed by atoms with Gasteiger partial charge in [-0.15, -0.1) is 0 Å². The van der Waals surface area contributed by atoms with Crippen LogP contribution in [-0.2, 0) is 13.1 Å². The summed E-state index contributed by atoms with van der Waals surface area (Å²) in [5, 5.41) is 7.37. The highest BCUT2D eigenvalue weighted by Crippen LogP contribution is 2.34. The van der Waals surface area contributed by atoms with Crippen LogP contribution in [0.1, 0.15) is 21.7 Å². The van der Waals surface area contributed by atoms with E-state index >= 15 is 0 Å². The standard InChI is InChI=1S/C26H21N5O2/c27-15-17-6-8-19(9-7-17)24-21(18-4-2-1-3-5-18)14-22-23(30-24)10-12-28-25(22)26(32)29-16-20-11-13-33-31-20/h1-14H,15-16,27H2,(H,29,32)/p+1. The Labute approximate surface area is 190 Å². The second-order valence-corrected chi connectivity index (χ2v) is 7.60. The van der Waals surface area contributed by atoms with Crippen LogP contribution >= 0.6 is 0 Å². The molecule has 0 aliphatic heterocycles. The molecule has 0 aliphatic rings. The van der Waals surface area contributed by atoms with Gasteiger partial charge in [-0.2, -0.15) is 0 Å². The molecular weight excluding hydrogens is 414 g/mol. The first-order chi connectivity index (χ1) is 16.2. The molecule has 1 amide bonds. The van der Waals surface area contributed by atoms with Crippen molar-refractivity contribution in [2.24, 2.45) is 0 Å². The summed E-state index contributed by atoms with van der Waals surface area (Å²) in [6, 6.07) is 23.8. The van der Waals surface area contributed by atoms with Crippen LogP contribution in [0.15, 0.2) is 89.8 Å². The first-order valence-corrected chi connectivity index (χ1v) is 10.6.